The molecule has 3 saturated heterocycles. The monoisotopic (exact) mass is 502 g/mol. The van der Waals surface area contributed by atoms with Gasteiger partial charge in [-0.05, 0) is 62.3 Å². The van der Waals surface area contributed by atoms with E-state index in [9.17, 15) is 19.2 Å². The number of nitrogens with one attached hydrogen (secondary N) is 1. The van der Waals surface area contributed by atoms with E-state index in [2.05, 4.69) is 5.32 Å². The van der Waals surface area contributed by atoms with Gasteiger partial charge < -0.3 is 20.0 Å². The predicted octanol–water partition coefficient (Wildman–Crippen LogP) is 2.83. The topological polar surface area (TPSA) is 90.0 Å². The highest BCUT2D eigenvalue weighted by Gasteiger charge is 2.38. The molecule has 5 rings (SSSR count). The predicted molar refractivity (Wildman–Crippen MR) is 139 cm³/mol. The first-order valence-corrected chi connectivity index (χ1v) is 13.4. The van der Waals surface area contributed by atoms with Gasteiger partial charge >= 0.3 is 0 Å². The molecule has 0 bridgehead atoms. The molecule has 2 aromatic carbocycles. The van der Waals surface area contributed by atoms with Crippen LogP contribution in [-0.2, 0) is 16.1 Å². The number of hydrogen-bond acceptors (Lipinski definition) is 4. The molecule has 8 nitrogen and oxygen atoms in total. The minimum atomic E-state index is -0.531. The maximum absolute atomic E-state index is 13.4. The molecular formula is C29H34N4O4. The number of rotatable bonds is 6. The zero-order valence-corrected chi connectivity index (χ0v) is 21.1. The molecule has 2 atom stereocenters. The molecule has 3 fully saturated rings. The summed E-state index contributed by atoms with van der Waals surface area (Å²) < 4.78 is 0. The first-order valence-electron chi connectivity index (χ1n) is 13.4. The fraction of sp³-hybridized carbons (Fsp3) is 0.448. The Hall–Kier alpha value is -3.68. The van der Waals surface area contributed by atoms with Crippen molar-refractivity contribution in [3.63, 3.8) is 0 Å². The highest BCUT2D eigenvalue weighted by molar-refractivity contribution is 6.02. The van der Waals surface area contributed by atoms with Gasteiger partial charge in [0.05, 0.1) is 0 Å². The first-order chi connectivity index (χ1) is 18.0. The van der Waals surface area contributed by atoms with E-state index in [1.165, 1.54) is 0 Å². The lowest BCUT2D eigenvalue weighted by atomic mass is 10.1. The van der Waals surface area contributed by atoms with Crippen molar-refractivity contribution in [2.24, 2.45) is 0 Å². The van der Waals surface area contributed by atoms with Crippen LogP contribution in [0.25, 0.3) is 0 Å². The second-order valence-corrected chi connectivity index (χ2v) is 10.1. The van der Waals surface area contributed by atoms with Crippen LogP contribution in [-0.4, -0.2) is 76.6 Å². The van der Waals surface area contributed by atoms with Gasteiger partial charge in [0.2, 0.25) is 11.8 Å². The summed E-state index contributed by atoms with van der Waals surface area (Å²) in [7, 11) is 0. The molecule has 194 valence electrons. The number of likely N-dealkylation sites (tertiary alicyclic amines) is 3. The number of benzene rings is 2. The van der Waals surface area contributed by atoms with Crippen molar-refractivity contribution in [3.05, 3.63) is 71.3 Å². The molecule has 3 aliphatic heterocycles. The van der Waals surface area contributed by atoms with Gasteiger partial charge in [-0.15, -0.1) is 0 Å². The van der Waals surface area contributed by atoms with E-state index in [-0.39, 0.29) is 23.6 Å². The van der Waals surface area contributed by atoms with Crippen LogP contribution >= 0.6 is 0 Å². The minimum absolute atomic E-state index is 0.0389. The van der Waals surface area contributed by atoms with Crippen molar-refractivity contribution in [2.75, 3.05) is 26.2 Å². The summed E-state index contributed by atoms with van der Waals surface area (Å²) in [6, 6.07) is 15.4. The van der Waals surface area contributed by atoms with Crippen LogP contribution in [0.3, 0.4) is 0 Å². The molecule has 8 heteroatoms. The van der Waals surface area contributed by atoms with Crippen LogP contribution in [0.5, 0.6) is 0 Å². The summed E-state index contributed by atoms with van der Waals surface area (Å²) in [4.78, 5) is 58.0. The van der Waals surface area contributed by atoms with E-state index >= 15 is 0 Å². The van der Waals surface area contributed by atoms with Gasteiger partial charge in [0.25, 0.3) is 11.8 Å². The Morgan fingerprint density at radius 3 is 1.95 bits per heavy atom. The van der Waals surface area contributed by atoms with Gasteiger partial charge in [0, 0.05) is 43.9 Å². The normalized spacial score (nSPS) is 21.4. The molecule has 0 saturated carbocycles. The fourth-order valence-electron chi connectivity index (χ4n) is 5.72. The fourth-order valence-corrected chi connectivity index (χ4v) is 5.72. The molecule has 37 heavy (non-hydrogen) atoms. The molecule has 3 aliphatic rings. The Balaban J connectivity index is 1.26. The van der Waals surface area contributed by atoms with Gasteiger partial charge in [-0.2, -0.15) is 0 Å². The van der Waals surface area contributed by atoms with Crippen molar-refractivity contribution in [3.8, 4) is 0 Å². The Bertz CT molecular complexity index is 1160. The maximum atomic E-state index is 13.4. The SMILES string of the molecule is O=C(NCc1ccccc1)[C@@H]1CCCN1C(=O)c1cccc(C(=O)N2CCC[C@@H]2C(=O)N2CCCC2)c1. The lowest BCUT2D eigenvalue weighted by Crippen LogP contribution is -2.47. The second kappa shape index (κ2) is 11.2. The number of nitrogens with zero attached hydrogens (tertiary/aromatic N) is 3. The third-order valence-electron chi connectivity index (χ3n) is 7.70. The summed E-state index contributed by atoms with van der Waals surface area (Å²) >= 11 is 0. The molecular weight excluding hydrogens is 468 g/mol. The Morgan fingerprint density at radius 1 is 0.703 bits per heavy atom. The van der Waals surface area contributed by atoms with Gasteiger partial charge in [0.15, 0.2) is 0 Å². The van der Waals surface area contributed by atoms with E-state index in [1.54, 1.807) is 34.1 Å². The van der Waals surface area contributed by atoms with Crippen molar-refractivity contribution >= 4 is 23.6 Å². The summed E-state index contributed by atoms with van der Waals surface area (Å²) in [5.41, 5.74) is 1.79. The minimum Gasteiger partial charge on any atom is -0.350 e. The molecule has 0 radical (unpaired) electrons. The smallest absolute Gasteiger partial charge is 0.254 e. The average molecular weight is 503 g/mol. The molecule has 0 aromatic heterocycles. The number of amides is 4. The van der Waals surface area contributed by atoms with Gasteiger partial charge in [-0.3, -0.25) is 19.2 Å². The molecule has 0 unspecified atom stereocenters. The van der Waals surface area contributed by atoms with Crippen LogP contribution in [0.15, 0.2) is 54.6 Å². The quantitative estimate of drug-likeness (QED) is 0.658. The summed E-state index contributed by atoms with van der Waals surface area (Å²) in [5.74, 6) is -0.597. The van der Waals surface area contributed by atoms with Crippen LogP contribution in [0.2, 0.25) is 0 Å². The largest absolute Gasteiger partial charge is 0.350 e. The number of carbonyl (C=O) groups is 4. The molecule has 2 aromatic rings. The lowest BCUT2D eigenvalue weighted by Gasteiger charge is -2.28. The van der Waals surface area contributed by atoms with Gasteiger partial charge in [-0.1, -0.05) is 36.4 Å². The first kappa shape index (κ1) is 25.0. The van der Waals surface area contributed by atoms with Crippen molar-refractivity contribution in [2.45, 2.75) is 57.2 Å². The van der Waals surface area contributed by atoms with E-state index in [1.807, 2.05) is 35.2 Å². The zero-order chi connectivity index (χ0) is 25.8. The van der Waals surface area contributed by atoms with Crippen LogP contribution < -0.4 is 5.32 Å². The van der Waals surface area contributed by atoms with Crippen LogP contribution in [0, 0.1) is 0 Å². The number of carbonyl (C=O) groups excluding carboxylic acids is 4. The highest BCUT2D eigenvalue weighted by Crippen LogP contribution is 2.25. The van der Waals surface area contributed by atoms with E-state index in [4.69, 9.17) is 0 Å². The van der Waals surface area contributed by atoms with Gasteiger partial charge in [0.1, 0.15) is 12.1 Å². The molecule has 3 heterocycles. The average Bonchev–Trinajstić information content (AvgIpc) is 3.73. The Labute approximate surface area is 217 Å². The molecule has 1 N–H and O–H groups in total. The van der Waals surface area contributed by atoms with Crippen molar-refractivity contribution in [1.29, 1.82) is 0 Å². The van der Waals surface area contributed by atoms with Crippen molar-refractivity contribution < 1.29 is 19.2 Å². The standard InChI is InChI=1S/C29H34N4O4/c34-26(30-20-21-9-2-1-3-10-21)24-13-7-17-32(24)27(35)22-11-6-12-23(19-22)28(36)33-18-8-14-25(33)29(37)31-15-4-5-16-31/h1-3,6,9-12,19,24-25H,4-5,7-8,13-18,20H2,(H,30,34)/t24-,25+/m0/s1. The molecule has 0 aliphatic carbocycles. The van der Waals surface area contributed by atoms with Gasteiger partial charge in [-0.25, -0.2) is 0 Å². The molecule has 4 amide bonds. The lowest BCUT2D eigenvalue weighted by molar-refractivity contribution is -0.134. The second-order valence-electron chi connectivity index (χ2n) is 10.1. The van der Waals surface area contributed by atoms with E-state index in [0.29, 0.717) is 43.6 Å². The third kappa shape index (κ3) is 5.38. The zero-order valence-electron chi connectivity index (χ0n) is 21.1. The highest BCUT2D eigenvalue weighted by atomic mass is 16.2. The Kier molecular flexibility index (Phi) is 7.53. The molecule has 0 spiro atoms. The third-order valence-corrected chi connectivity index (χ3v) is 7.70. The van der Waals surface area contributed by atoms with E-state index < -0.39 is 12.1 Å². The maximum Gasteiger partial charge on any atom is 0.254 e. The number of hydrogen-bond donors (Lipinski definition) is 1. The summed E-state index contributed by atoms with van der Waals surface area (Å²) in [6.07, 6.45) is 4.85. The van der Waals surface area contributed by atoms with Crippen molar-refractivity contribution in [1.82, 2.24) is 20.0 Å². The Morgan fingerprint density at radius 2 is 1.30 bits per heavy atom. The summed E-state index contributed by atoms with van der Waals surface area (Å²) in [5, 5.41) is 2.95. The van der Waals surface area contributed by atoms with Crippen LogP contribution in [0.4, 0.5) is 0 Å². The summed E-state index contributed by atoms with van der Waals surface area (Å²) in [6.45, 7) is 2.97. The van der Waals surface area contributed by atoms with Crippen LogP contribution in [0.1, 0.15) is 64.8 Å². The van der Waals surface area contributed by atoms with E-state index in [0.717, 1.165) is 44.3 Å².